The number of carbonyl (C=O) groups excluding carboxylic acids is 4. The lowest BCUT2D eigenvalue weighted by Crippen LogP contribution is -2.62. The van der Waals surface area contributed by atoms with E-state index in [1.54, 1.807) is 36.1 Å². The number of benzene rings is 1. The van der Waals surface area contributed by atoms with Crippen LogP contribution < -0.4 is 4.90 Å². The van der Waals surface area contributed by atoms with Crippen molar-refractivity contribution in [3.05, 3.63) is 29.8 Å². The fourth-order valence-electron chi connectivity index (χ4n) is 7.59. The smallest absolute Gasteiger partial charge is 0.338 e. The van der Waals surface area contributed by atoms with Crippen LogP contribution in [0.5, 0.6) is 0 Å². The first-order valence-corrected chi connectivity index (χ1v) is 13.0. The maximum absolute atomic E-state index is 14.3. The van der Waals surface area contributed by atoms with Gasteiger partial charge in [0.25, 0.3) is 5.91 Å². The minimum atomic E-state index is -0.812. The van der Waals surface area contributed by atoms with Gasteiger partial charge in [0.2, 0.25) is 11.8 Å². The van der Waals surface area contributed by atoms with E-state index in [0.717, 1.165) is 19.3 Å². The van der Waals surface area contributed by atoms with Gasteiger partial charge in [-0.3, -0.25) is 14.4 Å². The number of hydrogen-bond donors (Lipinski definition) is 0. The topological polar surface area (TPSA) is 84.0 Å². The Morgan fingerprint density at radius 1 is 1.00 bits per heavy atom. The number of nitrogens with zero attached hydrogens (tertiary/aromatic N) is 2. The van der Waals surface area contributed by atoms with Crippen LogP contribution in [0.15, 0.2) is 24.3 Å². The molecule has 4 aliphatic carbocycles. The molecule has 1 atom stereocenters. The second kappa shape index (κ2) is 8.45. The number of amides is 3. The third-order valence-corrected chi connectivity index (χ3v) is 8.50. The summed E-state index contributed by atoms with van der Waals surface area (Å²) in [6, 6.07) is 5.49. The van der Waals surface area contributed by atoms with Crippen molar-refractivity contribution in [3.63, 3.8) is 0 Å². The Labute approximate surface area is 207 Å². The molecule has 6 rings (SSSR count). The fraction of sp³-hybridized carbons (Fsp3) is 0.643. The molecule has 188 valence electrons. The van der Waals surface area contributed by atoms with Crippen LogP contribution in [0.2, 0.25) is 0 Å². The van der Waals surface area contributed by atoms with E-state index < -0.39 is 17.6 Å². The van der Waals surface area contributed by atoms with Crippen molar-refractivity contribution in [2.45, 2.75) is 84.2 Å². The van der Waals surface area contributed by atoms with Gasteiger partial charge in [0, 0.05) is 5.54 Å². The highest BCUT2D eigenvalue weighted by molar-refractivity contribution is 6.23. The van der Waals surface area contributed by atoms with Crippen LogP contribution in [-0.2, 0) is 19.1 Å². The monoisotopic (exact) mass is 480 g/mol. The van der Waals surface area contributed by atoms with Crippen molar-refractivity contribution in [1.29, 1.82) is 0 Å². The summed E-state index contributed by atoms with van der Waals surface area (Å²) in [5.74, 6) is 0.765. The van der Waals surface area contributed by atoms with Crippen molar-refractivity contribution >= 4 is 29.4 Å². The molecule has 5 fully saturated rings. The fourth-order valence-corrected chi connectivity index (χ4v) is 7.59. The lowest BCUT2D eigenvalue weighted by molar-refractivity contribution is -0.167. The Hall–Kier alpha value is -2.70. The Kier molecular flexibility index (Phi) is 5.80. The summed E-state index contributed by atoms with van der Waals surface area (Å²) >= 11 is 0. The zero-order valence-corrected chi connectivity index (χ0v) is 21.2. The SMILES string of the molecule is CCOC(=O)c1ccc(N2C(=O)CC(N(C(=O)C34CC5CC(CC(C5)C3)C4)C(C)(C)C)C2=O)cc1. The van der Waals surface area contributed by atoms with Gasteiger partial charge in [0.1, 0.15) is 6.04 Å². The van der Waals surface area contributed by atoms with Crippen molar-refractivity contribution in [1.82, 2.24) is 4.90 Å². The number of hydrogen-bond acceptors (Lipinski definition) is 5. The van der Waals surface area contributed by atoms with Crippen molar-refractivity contribution in [2.24, 2.45) is 23.2 Å². The third-order valence-electron chi connectivity index (χ3n) is 8.50. The highest BCUT2D eigenvalue weighted by Crippen LogP contribution is 2.61. The first-order valence-electron chi connectivity index (χ1n) is 13.0. The molecule has 0 spiro atoms. The van der Waals surface area contributed by atoms with Gasteiger partial charge in [-0.1, -0.05) is 0 Å². The minimum Gasteiger partial charge on any atom is -0.462 e. The maximum atomic E-state index is 14.3. The van der Waals surface area contributed by atoms with Crippen LogP contribution in [0, 0.1) is 23.2 Å². The van der Waals surface area contributed by atoms with Gasteiger partial charge in [-0.05, 0) is 108 Å². The summed E-state index contributed by atoms with van der Waals surface area (Å²) in [5.41, 5.74) is -0.212. The molecular formula is C28H36N2O5. The molecule has 35 heavy (non-hydrogen) atoms. The maximum Gasteiger partial charge on any atom is 0.338 e. The molecule has 1 heterocycles. The molecule has 1 aliphatic heterocycles. The molecule has 7 nitrogen and oxygen atoms in total. The first kappa shape index (κ1) is 24.0. The van der Waals surface area contributed by atoms with Crippen molar-refractivity contribution in [3.8, 4) is 0 Å². The van der Waals surface area contributed by atoms with Gasteiger partial charge in [-0.15, -0.1) is 0 Å². The van der Waals surface area contributed by atoms with Crippen LogP contribution in [0.1, 0.15) is 83.0 Å². The van der Waals surface area contributed by atoms with Gasteiger partial charge in [0.05, 0.1) is 29.7 Å². The number of esters is 1. The highest BCUT2D eigenvalue weighted by atomic mass is 16.5. The molecule has 1 aromatic rings. The zero-order chi connectivity index (χ0) is 25.1. The van der Waals surface area contributed by atoms with Crippen molar-refractivity contribution in [2.75, 3.05) is 11.5 Å². The van der Waals surface area contributed by atoms with E-state index in [9.17, 15) is 19.2 Å². The van der Waals surface area contributed by atoms with E-state index in [1.807, 2.05) is 20.8 Å². The summed E-state index contributed by atoms with van der Waals surface area (Å²) < 4.78 is 5.02. The van der Waals surface area contributed by atoms with E-state index >= 15 is 0 Å². The number of ether oxygens (including phenoxy) is 1. The number of imide groups is 1. The van der Waals surface area contributed by atoms with E-state index in [1.165, 1.54) is 24.2 Å². The second-order valence-corrected chi connectivity index (χ2v) is 12.1. The standard InChI is InChI=1S/C28H36N2O5/c1-5-35-25(33)20-6-8-21(9-7-20)29-23(31)13-22(24(29)32)30(27(2,3)4)26(34)28-14-17-10-18(15-28)12-19(11-17)16-28/h6-9,17-19,22H,5,10-16H2,1-4H3. The lowest BCUT2D eigenvalue weighted by Gasteiger charge is -2.58. The Bertz CT molecular complexity index is 1020. The van der Waals surface area contributed by atoms with Gasteiger partial charge in [0.15, 0.2) is 0 Å². The molecule has 1 saturated heterocycles. The summed E-state index contributed by atoms with van der Waals surface area (Å²) in [4.78, 5) is 56.0. The summed E-state index contributed by atoms with van der Waals surface area (Å²) in [6.45, 7) is 7.88. The Morgan fingerprint density at radius 2 is 1.54 bits per heavy atom. The predicted octanol–water partition coefficient (Wildman–Crippen LogP) is 4.34. The first-order chi connectivity index (χ1) is 16.5. The molecule has 1 unspecified atom stereocenters. The van der Waals surface area contributed by atoms with Crippen LogP contribution >= 0.6 is 0 Å². The largest absolute Gasteiger partial charge is 0.462 e. The lowest BCUT2D eigenvalue weighted by atomic mass is 9.49. The number of anilines is 1. The van der Waals surface area contributed by atoms with Crippen LogP contribution in [0.3, 0.4) is 0 Å². The van der Waals surface area contributed by atoms with Gasteiger partial charge in [-0.25, -0.2) is 9.69 Å². The molecule has 5 aliphatic rings. The van der Waals surface area contributed by atoms with Crippen molar-refractivity contribution < 1.29 is 23.9 Å². The summed E-state index contributed by atoms with van der Waals surface area (Å²) in [6.07, 6.45) is 6.43. The average Bonchev–Trinajstić information content (AvgIpc) is 3.05. The molecule has 0 aromatic heterocycles. The Balaban J connectivity index is 1.42. The number of carbonyl (C=O) groups is 4. The molecule has 3 amide bonds. The molecule has 0 radical (unpaired) electrons. The second-order valence-electron chi connectivity index (χ2n) is 12.1. The molecule has 4 bridgehead atoms. The van der Waals surface area contributed by atoms with Crippen LogP contribution in [0.4, 0.5) is 5.69 Å². The van der Waals surface area contributed by atoms with E-state index in [4.69, 9.17) is 4.74 Å². The van der Waals surface area contributed by atoms with Crippen LogP contribution in [-0.4, -0.2) is 46.8 Å². The molecule has 4 saturated carbocycles. The third kappa shape index (κ3) is 4.07. The normalized spacial score (nSPS) is 31.7. The van der Waals surface area contributed by atoms with E-state index in [2.05, 4.69) is 0 Å². The zero-order valence-electron chi connectivity index (χ0n) is 21.2. The highest BCUT2D eigenvalue weighted by Gasteiger charge is 2.58. The van der Waals surface area contributed by atoms with E-state index in [-0.39, 0.29) is 36.2 Å². The summed E-state index contributed by atoms with van der Waals surface area (Å²) in [7, 11) is 0. The molecule has 1 aromatic carbocycles. The minimum absolute atomic E-state index is 0.0200. The quantitative estimate of drug-likeness (QED) is 0.462. The molecule has 0 N–H and O–H groups in total. The molecule has 7 heteroatoms. The van der Waals surface area contributed by atoms with E-state index in [0.29, 0.717) is 29.0 Å². The predicted molar refractivity (Wildman–Crippen MR) is 131 cm³/mol. The van der Waals surface area contributed by atoms with Gasteiger partial charge in [-0.2, -0.15) is 0 Å². The summed E-state index contributed by atoms with van der Waals surface area (Å²) in [5, 5.41) is 0. The number of rotatable bonds is 5. The Morgan fingerprint density at radius 3 is 2.03 bits per heavy atom. The van der Waals surface area contributed by atoms with Gasteiger partial charge < -0.3 is 9.64 Å². The van der Waals surface area contributed by atoms with Crippen LogP contribution in [0.25, 0.3) is 0 Å². The van der Waals surface area contributed by atoms with Gasteiger partial charge >= 0.3 is 5.97 Å². The molecular weight excluding hydrogens is 444 g/mol. The average molecular weight is 481 g/mol.